The fraction of sp³-hybridized carbons (Fsp3) is 0.240. The van der Waals surface area contributed by atoms with E-state index < -0.39 is 15.9 Å². The van der Waals surface area contributed by atoms with E-state index in [-0.39, 0.29) is 4.90 Å². The predicted octanol–water partition coefficient (Wildman–Crippen LogP) is 5.47. The zero-order chi connectivity index (χ0) is 25.7. The Bertz CT molecular complexity index is 1460. The van der Waals surface area contributed by atoms with Gasteiger partial charge in [0.05, 0.1) is 28.4 Å². The SMILES string of the molecule is CCCCN(C)S(=O)(=O)c1ccc(C(=O)N(/N=C/c2cccs2)c2nc3ccc(OC)cc3s2)cc1. The van der Waals surface area contributed by atoms with Crippen LogP contribution in [0.15, 0.2) is 70.0 Å². The number of rotatable bonds is 10. The van der Waals surface area contributed by atoms with E-state index in [9.17, 15) is 13.2 Å². The Balaban J connectivity index is 1.66. The van der Waals surface area contributed by atoms with Gasteiger partial charge in [-0.3, -0.25) is 4.79 Å². The lowest BCUT2D eigenvalue weighted by Gasteiger charge is -2.17. The molecule has 8 nitrogen and oxygen atoms in total. The second-order valence-corrected chi connectivity index (χ2v) is 11.9. The maximum atomic E-state index is 13.5. The van der Waals surface area contributed by atoms with Gasteiger partial charge in [0.2, 0.25) is 15.2 Å². The molecule has 0 saturated carbocycles. The lowest BCUT2D eigenvalue weighted by Crippen LogP contribution is -2.28. The van der Waals surface area contributed by atoms with Crippen LogP contribution in [-0.2, 0) is 10.0 Å². The number of sulfonamides is 1. The summed E-state index contributed by atoms with van der Waals surface area (Å²) < 4.78 is 33.2. The van der Waals surface area contributed by atoms with Gasteiger partial charge in [0, 0.05) is 24.0 Å². The number of thiazole rings is 1. The third kappa shape index (κ3) is 5.65. The van der Waals surface area contributed by atoms with Gasteiger partial charge < -0.3 is 4.74 Å². The maximum Gasteiger partial charge on any atom is 0.280 e. The number of amides is 1. The number of nitrogens with zero attached hydrogens (tertiary/aromatic N) is 4. The number of carbonyl (C=O) groups excluding carboxylic acids is 1. The molecule has 1 amide bonds. The summed E-state index contributed by atoms with van der Waals surface area (Å²) in [4.78, 5) is 19.2. The van der Waals surface area contributed by atoms with Gasteiger partial charge >= 0.3 is 0 Å². The molecule has 4 aromatic rings. The fourth-order valence-corrected chi connectivity index (χ4v) is 6.09. The van der Waals surface area contributed by atoms with E-state index >= 15 is 0 Å². The van der Waals surface area contributed by atoms with Gasteiger partial charge in [-0.2, -0.15) is 10.1 Å². The van der Waals surface area contributed by atoms with Crippen LogP contribution < -0.4 is 9.75 Å². The number of ether oxygens (including phenoxy) is 1. The second kappa shape index (κ2) is 11.3. The molecule has 2 aromatic heterocycles. The van der Waals surface area contributed by atoms with Crippen LogP contribution in [0.3, 0.4) is 0 Å². The van der Waals surface area contributed by atoms with Gasteiger partial charge in [0.25, 0.3) is 5.91 Å². The Labute approximate surface area is 218 Å². The molecule has 4 rings (SSSR count). The lowest BCUT2D eigenvalue weighted by atomic mass is 10.2. The van der Waals surface area contributed by atoms with Gasteiger partial charge in [-0.15, -0.1) is 11.3 Å². The minimum atomic E-state index is -3.63. The number of fused-ring (bicyclic) bond motifs is 1. The van der Waals surface area contributed by atoms with Crippen LogP contribution >= 0.6 is 22.7 Å². The topological polar surface area (TPSA) is 92.2 Å². The summed E-state index contributed by atoms with van der Waals surface area (Å²) in [6.45, 7) is 2.45. The van der Waals surface area contributed by atoms with Crippen LogP contribution in [0.25, 0.3) is 10.2 Å². The van der Waals surface area contributed by atoms with E-state index in [0.29, 0.717) is 23.0 Å². The molecular formula is C25H26N4O4S3. The molecule has 0 aliphatic rings. The van der Waals surface area contributed by atoms with Crippen molar-refractivity contribution in [3.8, 4) is 5.75 Å². The first-order valence-corrected chi connectivity index (χ1v) is 14.4. The van der Waals surface area contributed by atoms with Crippen LogP contribution in [0.4, 0.5) is 5.13 Å². The van der Waals surface area contributed by atoms with Gasteiger partial charge in [-0.05, 0) is 60.3 Å². The van der Waals surface area contributed by atoms with Gasteiger partial charge in [-0.1, -0.05) is 30.7 Å². The van der Waals surface area contributed by atoms with Crippen molar-refractivity contribution in [3.63, 3.8) is 0 Å². The molecule has 0 N–H and O–H groups in total. The molecule has 0 aliphatic carbocycles. The number of anilines is 1. The van der Waals surface area contributed by atoms with Crippen molar-refractivity contribution in [2.75, 3.05) is 25.7 Å². The number of carbonyl (C=O) groups is 1. The Morgan fingerprint density at radius 3 is 2.61 bits per heavy atom. The van der Waals surface area contributed by atoms with E-state index in [1.165, 1.54) is 56.3 Å². The summed E-state index contributed by atoms with van der Waals surface area (Å²) in [5.74, 6) is 0.274. The molecule has 2 aromatic carbocycles. The number of unbranched alkanes of at least 4 members (excludes halogenated alkanes) is 1. The highest BCUT2D eigenvalue weighted by Gasteiger charge is 2.24. The highest BCUT2D eigenvalue weighted by Crippen LogP contribution is 2.32. The Kier molecular flexibility index (Phi) is 8.14. The molecule has 0 bridgehead atoms. The molecule has 36 heavy (non-hydrogen) atoms. The predicted molar refractivity (Wildman–Crippen MR) is 146 cm³/mol. The number of methoxy groups -OCH3 is 1. The summed E-state index contributed by atoms with van der Waals surface area (Å²) in [6.07, 6.45) is 3.28. The standard InChI is InChI=1S/C25H26N4O4S3/c1-4-5-14-28(2)36(31,32)21-11-8-18(9-12-21)24(30)29(26-17-20-7-6-15-34-20)25-27-22-13-10-19(33-3)16-23(22)35-25/h6-13,15-17H,4-5,14H2,1-3H3/b26-17+. The van der Waals surface area contributed by atoms with Crippen molar-refractivity contribution in [2.45, 2.75) is 24.7 Å². The molecule has 0 saturated heterocycles. The van der Waals surface area contributed by atoms with Crippen LogP contribution in [0.1, 0.15) is 35.0 Å². The quantitative estimate of drug-likeness (QED) is 0.196. The molecule has 2 heterocycles. The van der Waals surface area contributed by atoms with Crippen molar-refractivity contribution >= 4 is 60.2 Å². The van der Waals surface area contributed by atoms with Crippen molar-refractivity contribution in [1.29, 1.82) is 0 Å². The highest BCUT2D eigenvalue weighted by atomic mass is 32.2. The Morgan fingerprint density at radius 2 is 1.94 bits per heavy atom. The van der Waals surface area contributed by atoms with E-state index in [0.717, 1.165) is 27.9 Å². The van der Waals surface area contributed by atoms with E-state index in [4.69, 9.17) is 4.74 Å². The zero-order valence-electron chi connectivity index (χ0n) is 20.1. The number of hydrazone groups is 1. The van der Waals surface area contributed by atoms with Crippen LogP contribution in [0.2, 0.25) is 0 Å². The Hall–Kier alpha value is -3.12. The normalized spacial score (nSPS) is 12.0. The number of hydrogen-bond donors (Lipinski definition) is 0. The first-order chi connectivity index (χ1) is 17.3. The first kappa shape index (κ1) is 26.0. The van der Waals surface area contributed by atoms with E-state index in [2.05, 4.69) is 10.1 Å². The third-order valence-corrected chi connectivity index (χ3v) is 9.11. The molecule has 0 spiro atoms. The van der Waals surface area contributed by atoms with Gasteiger partial charge in [0.1, 0.15) is 5.75 Å². The van der Waals surface area contributed by atoms with Gasteiger partial charge in [-0.25, -0.2) is 17.7 Å². The summed E-state index contributed by atoms with van der Waals surface area (Å²) in [5.41, 5.74) is 1.02. The van der Waals surface area contributed by atoms with Crippen LogP contribution in [0, 0.1) is 0 Å². The summed E-state index contributed by atoms with van der Waals surface area (Å²) in [6, 6.07) is 15.2. The maximum absolute atomic E-state index is 13.5. The second-order valence-electron chi connectivity index (χ2n) is 7.91. The average molecular weight is 543 g/mol. The van der Waals surface area contributed by atoms with Crippen molar-refractivity contribution in [2.24, 2.45) is 5.10 Å². The minimum absolute atomic E-state index is 0.137. The summed E-state index contributed by atoms with van der Waals surface area (Å²) >= 11 is 2.81. The summed E-state index contributed by atoms with van der Waals surface area (Å²) in [5, 5.41) is 8.01. The molecule has 188 valence electrons. The average Bonchev–Trinajstić information content (AvgIpc) is 3.56. The van der Waals surface area contributed by atoms with Crippen molar-refractivity contribution in [1.82, 2.24) is 9.29 Å². The first-order valence-electron chi connectivity index (χ1n) is 11.3. The molecule has 11 heteroatoms. The summed E-state index contributed by atoms with van der Waals surface area (Å²) in [7, 11) is -0.476. The minimum Gasteiger partial charge on any atom is -0.497 e. The molecule has 0 aliphatic heterocycles. The van der Waals surface area contributed by atoms with Crippen LogP contribution in [-0.4, -0.2) is 50.5 Å². The zero-order valence-corrected chi connectivity index (χ0v) is 22.6. The number of thiophene rings is 1. The fourth-order valence-electron chi connectivity index (χ4n) is 3.35. The number of aromatic nitrogens is 1. The van der Waals surface area contributed by atoms with Crippen LogP contribution in [0.5, 0.6) is 5.75 Å². The largest absolute Gasteiger partial charge is 0.497 e. The van der Waals surface area contributed by atoms with Crippen molar-refractivity contribution in [3.05, 3.63) is 70.4 Å². The lowest BCUT2D eigenvalue weighted by molar-refractivity contribution is 0.0987. The highest BCUT2D eigenvalue weighted by molar-refractivity contribution is 7.89. The molecule has 0 unspecified atom stereocenters. The number of benzene rings is 2. The smallest absolute Gasteiger partial charge is 0.280 e. The van der Waals surface area contributed by atoms with Crippen molar-refractivity contribution < 1.29 is 17.9 Å². The number of hydrogen-bond acceptors (Lipinski definition) is 8. The van der Waals surface area contributed by atoms with E-state index in [1.807, 2.05) is 42.6 Å². The molecular weight excluding hydrogens is 517 g/mol. The third-order valence-electron chi connectivity index (χ3n) is 5.44. The molecule has 0 atom stereocenters. The molecule has 0 radical (unpaired) electrons. The monoisotopic (exact) mass is 542 g/mol. The van der Waals surface area contributed by atoms with Gasteiger partial charge in [0.15, 0.2) is 0 Å². The molecule has 0 fully saturated rings. The Morgan fingerprint density at radius 1 is 1.17 bits per heavy atom. The van der Waals surface area contributed by atoms with E-state index in [1.54, 1.807) is 20.4 Å².